The minimum Gasteiger partial charge on any atom is -0.456 e. The van der Waals surface area contributed by atoms with Crippen molar-refractivity contribution in [3.8, 4) is 0 Å². The van der Waals surface area contributed by atoms with Crippen molar-refractivity contribution in [3.05, 3.63) is 164 Å². The van der Waals surface area contributed by atoms with Gasteiger partial charge in [0.05, 0.1) is 0 Å². The van der Waals surface area contributed by atoms with Gasteiger partial charge in [0.2, 0.25) is 0 Å². The highest BCUT2D eigenvalue weighted by atomic mass is 31.2. The first kappa shape index (κ1) is 26.5. The van der Waals surface area contributed by atoms with Crippen LogP contribution in [0.1, 0.15) is 0 Å². The van der Waals surface area contributed by atoms with Crippen LogP contribution >= 0.6 is 7.14 Å². The third-order valence-corrected chi connectivity index (χ3v) is 12.9. The minimum atomic E-state index is -3.30. The standard InChI is InChI=1S/C44H27O2P/c45-47(32-19-17-28-9-1-3-11-30(28)23-32,33-20-18-29-10-2-4-12-31(29)24-33)34-21-22-39-42-26-40-37-15-7-5-13-35(37)36-14-6-8-16-38(36)41(40)27-44(42)46-43(39)25-34/h1-27H. The van der Waals surface area contributed by atoms with Gasteiger partial charge in [0.1, 0.15) is 11.2 Å². The van der Waals surface area contributed by atoms with Crippen molar-refractivity contribution >= 4 is 98.9 Å². The van der Waals surface area contributed by atoms with E-state index in [2.05, 4.69) is 115 Å². The summed E-state index contributed by atoms with van der Waals surface area (Å²) in [4.78, 5) is 0. The highest BCUT2D eigenvalue weighted by Gasteiger charge is 2.31. The summed E-state index contributed by atoms with van der Waals surface area (Å²) >= 11 is 0. The molecule has 220 valence electrons. The molecule has 10 aromatic rings. The van der Waals surface area contributed by atoms with E-state index < -0.39 is 7.14 Å². The summed E-state index contributed by atoms with van der Waals surface area (Å²) < 4.78 is 22.5. The van der Waals surface area contributed by atoms with Crippen molar-refractivity contribution in [3.63, 3.8) is 0 Å². The molecule has 0 N–H and O–H groups in total. The highest BCUT2D eigenvalue weighted by Crippen LogP contribution is 2.46. The Morgan fingerprint density at radius 3 is 1.32 bits per heavy atom. The minimum absolute atomic E-state index is 0.739. The van der Waals surface area contributed by atoms with Crippen LogP contribution in [0.25, 0.3) is 75.8 Å². The van der Waals surface area contributed by atoms with Gasteiger partial charge in [-0.15, -0.1) is 0 Å². The smallest absolute Gasteiger partial charge is 0.171 e. The molecule has 0 spiro atoms. The van der Waals surface area contributed by atoms with Gasteiger partial charge in [-0.25, -0.2) is 0 Å². The van der Waals surface area contributed by atoms with Gasteiger partial charge in [0.25, 0.3) is 0 Å². The quantitative estimate of drug-likeness (QED) is 0.146. The fourth-order valence-electron chi connectivity index (χ4n) is 7.55. The van der Waals surface area contributed by atoms with Crippen LogP contribution in [-0.2, 0) is 4.57 Å². The van der Waals surface area contributed by atoms with E-state index in [4.69, 9.17) is 4.42 Å². The van der Waals surface area contributed by atoms with Gasteiger partial charge in [0.15, 0.2) is 7.14 Å². The Bertz CT molecular complexity index is 2870. The Balaban J connectivity index is 1.24. The molecule has 0 aliphatic heterocycles. The third-order valence-electron chi connectivity index (χ3n) is 9.88. The molecule has 47 heavy (non-hydrogen) atoms. The molecule has 1 heterocycles. The lowest BCUT2D eigenvalue weighted by Gasteiger charge is -2.21. The van der Waals surface area contributed by atoms with E-state index in [1.54, 1.807) is 0 Å². The average molecular weight is 619 g/mol. The number of hydrogen-bond donors (Lipinski definition) is 0. The molecular weight excluding hydrogens is 591 g/mol. The van der Waals surface area contributed by atoms with E-state index in [1.807, 2.05) is 48.5 Å². The molecule has 0 unspecified atom stereocenters. The number of furan rings is 1. The highest BCUT2D eigenvalue weighted by molar-refractivity contribution is 7.85. The average Bonchev–Trinajstić information content (AvgIpc) is 3.50. The largest absolute Gasteiger partial charge is 0.456 e. The Hall–Kier alpha value is -5.69. The molecule has 9 aromatic carbocycles. The summed E-state index contributed by atoms with van der Waals surface area (Å²) in [6, 6.07) is 56.8. The van der Waals surface area contributed by atoms with Crippen molar-refractivity contribution in [2.24, 2.45) is 0 Å². The first-order chi connectivity index (χ1) is 23.1. The Morgan fingerprint density at radius 1 is 0.319 bits per heavy atom. The maximum Gasteiger partial charge on any atom is 0.171 e. The predicted molar refractivity (Wildman–Crippen MR) is 201 cm³/mol. The zero-order valence-corrected chi connectivity index (χ0v) is 26.2. The molecule has 0 radical (unpaired) electrons. The Labute approximate surface area is 270 Å². The van der Waals surface area contributed by atoms with Crippen molar-refractivity contribution in [1.29, 1.82) is 0 Å². The van der Waals surface area contributed by atoms with Crippen LogP contribution in [-0.4, -0.2) is 0 Å². The molecule has 0 aliphatic rings. The van der Waals surface area contributed by atoms with E-state index in [9.17, 15) is 0 Å². The monoisotopic (exact) mass is 618 g/mol. The maximum atomic E-state index is 15.8. The van der Waals surface area contributed by atoms with Crippen molar-refractivity contribution in [1.82, 2.24) is 0 Å². The fourth-order valence-corrected chi connectivity index (χ4v) is 10.2. The van der Waals surface area contributed by atoms with Gasteiger partial charge in [-0.2, -0.15) is 0 Å². The van der Waals surface area contributed by atoms with Gasteiger partial charge < -0.3 is 8.98 Å². The van der Waals surface area contributed by atoms with E-state index in [1.165, 1.54) is 32.3 Å². The van der Waals surface area contributed by atoms with Crippen LogP contribution in [0.15, 0.2) is 168 Å². The maximum absolute atomic E-state index is 15.8. The van der Waals surface area contributed by atoms with E-state index >= 15 is 4.57 Å². The van der Waals surface area contributed by atoms with Crippen LogP contribution in [0.3, 0.4) is 0 Å². The molecule has 0 fully saturated rings. The van der Waals surface area contributed by atoms with Gasteiger partial charge in [-0.1, -0.05) is 121 Å². The number of rotatable bonds is 3. The van der Waals surface area contributed by atoms with Crippen LogP contribution in [0.4, 0.5) is 0 Å². The molecule has 10 rings (SSSR count). The second kappa shape index (κ2) is 9.90. The van der Waals surface area contributed by atoms with Crippen LogP contribution in [0.5, 0.6) is 0 Å². The summed E-state index contributed by atoms with van der Waals surface area (Å²) in [5.41, 5.74) is 1.57. The lowest BCUT2D eigenvalue weighted by atomic mass is 9.93. The van der Waals surface area contributed by atoms with Crippen molar-refractivity contribution in [2.45, 2.75) is 0 Å². The Morgan fingerprint density at radius 2 is 0.745 bits per heavy atom. The van der Waals surface area contributed by atoms with Gasteiger partial charge in [0, 0.05) is 26.7 Å². The SMILES string of the molecule is O=P(c1ccc2ccccc2c1)(c1ccc2ccccc2c1)c1ccc2c(c1)oc1cc3c4ccccc4c4ccccc4c3cc12. The number of benzene rings is 9. The molecule has 0 amide bonds. The first-order valence-electron chi connectivity index (χ1n) is 15.9. The molecular formula is C44H27O2P. The van der Waals surface area contributed by atoms with Gasteiger partial charge >= 0.3 is 0 Å². The molecule has 3 heteroatoms. The van der Waals surface area contributed by atoms with Crippen LogP contribution < -0.4 is 15.9 Å². The van der Waals surface area contributed by atoms with Gasteiger partial charge in [-0.05, 0) is 96.3 Å². The van der Waals surface area contributed by atoms with Crippen molar-refractivity contribution in [2.75, 3.05) is 0 Å². The zero-order valence-electron chi connectivity index (χ0n) is 25.4. The third kappa shape index (κ3) is 3.89. The van der Waals surface area contributed by atoms with Crippen molar-refractivity contribution < 1.29 is 8.98 Å². The normalized spacial score (nSPS) is 12.3. The molecule has 2 nitrogen and oxygen atoms in total. The van der Waals surface area contributed by atoms with E-state index in [-0.39, 0.29) is 0 Å². The lowest BCUT2D eigenvalue weighted by Crippen LogP contribution is -2.25. The molecule has 0 saturated heterocycles. The number of hydrogen-bond acceptors (Lipinski definition) is 2. The second-order valence-corrected chi connectivity index (χ2v) is 15.2. The molecule has 1 aromatic heterocycles. The molecule has 0 saturated carbocycles. The Kier molecular flexibility index (Phi) is 5.59. The summed E-state index contributed by atoms with van der Waals surface area (Å²) in [5, 5.41) is 16.2. The van der Waals surface area contributed by atoms with Crippen LogP contribution in [0, 0.1) is 0 Å². The zero-order chi connectivity index (χ0) is 31.1. The fraction of sp³-hybridized carbons (Fsp3) is 0. The first-order valence-corrected chi connectivity index (χ1v) is 17.6. The molecule has 0 atom stereocenters. The van der Waals surface area contributed by atoms with Gasteiger partial charge in [-0.3, -0.25) is 0 Å². The van der Waals surface area contributed by atoms with E-state index in [0.29, 0.717) is 0 Å². The summed E-state index contributed by atoms with van der Waals surface area (Å²) in [6.07, 6.45) is 0. The molecule has 0 aliphatic carbocycles. The summed E-state index contributed by atoms with van der Waals surface area (Å²) in [5.74, 6) is 0. The number of fused-ring (bicyclic) bond motifs is 11. The lowest BCUT2D eigenvalue weighted by molar-refractivity contribution is 0.592. The van der Waals surface area contributed by atoms with Crippen LogP contribution in [0.2, 0.25) is 0 Å². The molecule has 0 bridgehead atoms. The topological polar surface area (TPSA) is 30.2 Å². The second-order valence-electron chi connectivity index (χ2n) is 12.4. The van der Waals surface area contributed by atoms with E-state index in [0.717, 1.165) is 59.4 Å². The predicted octanol–water partition coefficient (Wildman–Crippen LogP) is 11.0. The summed E-state index contributed by atoms with van der Waals surface area (Å²) in [7, 11) is -3.30. The summed E-state index contributed by atoms with van der Waals surface area (Å²) in [6.45, 7) is 0.